The van der Waals surface area contributed by atoms with E-state index in [-0.39, 0.29) is 29.3 Å². The molecule has 0 saturated heterocycles. The third kappa shape index (κ3) is 11.4. The van der Waals surface area contributed by atoms with E-state index in [1.165, 1.54) is 6.07 Å². The lowest BCUT2D eigenvalue weighted by Crippen LogP contribution is -2.33. The maximum absolute atomic E-state index is 12.4. The number of esters is 1. The van der Waals surface area contributed by atoms with Crippen LogP contribution >= 0.6 is 0 Å². The third-order valence-electron chi connectivity index (χ3n) is 5.80. The number of nitrogens with zero attached hydrogens (tertiary/aromatic N) is 1. The molecule has 0 aliphatic heterocycles. The minimum Gasteiger partial charge on any atom is -0.475 e. The second kappa shape index (κ2) is 15.2. The van der Waals surface area contributed by atoms with Crippen molar-refractivity contribution in [3.63, 3.8) is 0 Å². The molecule has 6 N–H and O–H groups in total. The Hall–Kier alpha value is -4.43. The molecule has 0 aliphatic rings. The van der Waals surface area contributed by atoms with E-state index in [2.05, 4.69) is 0 Å². The summed E-state index contributed by atoms with van der Waals surface area (Å²) in [5, 5.41) is 20.2. The van der Waals surface area contributed by atoms with Crippen LogP contribution in [-0.2, 0) is 30.8 Å². The number of carbonyl (C=O) groups excluding carboxylic acids is 1. The highest BCUT2D eigenvalue weighted by atomic mass is 32.2. The van der Waals surface area contributed by atoms with Crippen molar-refractivity contribution in [1.82, 2.24) is 0 Å². The van der Waals surface area contributed by atoms with Gasteiger partial charge >= 0.3 is 18.1 Å². The normalized spacial score (nSPS) is 11.3. The van der Waals surface area contributed by atoms with Gasteiger partial charge in [-0.1, -0.05) is 54.6 Å². The van der Waals surface area contributed by atoms with Crippen LogP contribution in [0.2, 0.25) is 0 Å². The second-order valence-electron chi connectivity index (χ2n) is 9.57. The molecule has 0 spiro atoms. The van der Waals surface area contributed by atoms with Crippen LogP contribution in [0.1, 0.15) is 31.4 Å². The van der Waals surface area contributed by atoms with Crippen molar-refractivity contribution in [3.8, 4) is 11.1 Å². The van der Waals surface area contributed by atoms with Gasteiger partial charge < -0.3 is 20.5 Å². The number of halogens is 3. The summed E-state index contributed by atoms with van der Waals surface area (Å²) in [7, 11) is -3.83. The number of nitrogen functional groups attached to an aromatic ring is 1. The molecule has 0 atom stereocenters. The molecule has 0 saturated carbocycles. The number of rotatable bonds is 11. The Morgan fingerprint density at radius 1 is 1.02 bits per heavy atom. The molecule has 3 aromatic rings. The van der Waals surface area contributed by atoms with Gasteiger partial charge in [0.25, 0.3) is 0 Å². The molecule has 3 rings (SSSR count). The number of hydrogen-bond acceptors (Lipinski definition) is 7. The monoisotopic (exact) mass is 622 g/mol. The minimum absolute atomic E-state index is 0.0364. The minimum atomic E-state index is -5.08. The Balaban J connectivity index is 0.000000821. The highest BCUT2D eigenvalue weighted by Crippen LogP contribution is 2.27. The van der Waals surface area contributed by atoms with Crippen LogP contribution in [0, 0.1) is 5.41 Å². The van der Waals surface area contributed by atoms with Gasteiger partial charge in [0.2, 0.25) is 10.0 Å². The summed E-state index contributed by atoms with van der Waals surface area (Å²) < 4.78 is 60.9. The van der Waals surface area contributed by atoms with E-state index in [0.29, 0.717) is 17.7 Å². The lowest BCUT2D eigenvalue weighted by Gasteiger charge is -2.25. The molecule has 0 amide bonds. The number of sulfonamides is 1. The maximum atomic E-state index is 12.4. The number of primary sulfonamides is 1. The zero-order valence-electron chi connectivity index (χ0n) is 23.5. The van der Waals surface area contributed by atoms with Gasteiger partial charge in [0.15, 0.2) is 0 Å². The fourth-order valence-corrected chi connectivity index (χ4v) is 4.66. The summed E-state index contributed by atoms with van der Waals surface area (Å²) in [4.78, 5) is 23.3. The predicted molar refractivity (Wildman–Crippen MR) is 156 cm³/mol. The SMILES string of the molecule is CC(C)OC(=O)CN(CCCc1ccc(-c2ccccc2S(N)(=O)=O)cc1)c1cccc(C(=N)N)c1.O=C(O)C(F)(F)F. The molecule has 0 radical (unpaired) electrons. The predicted octanol–water partition coefficient (Wildman–Crippen LogP) is 4.31. The first kappa shape index (κ1) is 34.8. The van der Waals surface area contributed by atoms with Crippen LogP contribution in [0.4, 0.5) is 18.9 Å². The Morgan fingerprint density at radius 2 is 1.63 bits per heavy atom. The molecular formula is C29H33F3N4O6S. The molecule has 0 heterocycles. The second-order valence-corrected chi connectivity index (χ2v) is 11.1. The quantitative estimate of drug-likeness (QED) is 0.139. The van der Waals surface area contributed by atoms with Crippen LogP contribution in [0.15, 0.2) is 77.7 Å². The number of carbonyl (C=O) groups is 2. The van der Waals surface area contributed by atoms with E-state index < -0.39 is 22.2 Å². The fourth-order valence-electron chi connectivity index (χ4n) is 3.90. The number of alkyl halides is 3. The molecule has 0 fully saturated rings. The number of hydrogen-bond donors (Lipinski definition) is 4. The molecule has 10 nitrogen and oxygen atoms in total. The first-order valence-electron chi connectivity index (χ1n) is 12.9. The maximum Gasteiger partial charge on any atom is 0.490 e. The summed E-state index contributed by atoms with van der Waals surface area (Å²) in [6, 6.07) is 21.6. The third-order valence-corrected chi connectivity index (χ3v) is 6.77. The Bertz CT molecular complexity index is 1530. The molecule has 232 valence electrons. The van der Waals surface area contributed by atoms with Crippen molar-refractivity contribution in [1.29, 1.82) is 5.41 Å². The van der Waals surface area contributed by atoms with Gasteiger partial charge in [-0.2, -0.15) is 13.2 Å². The summed E-state index contributed by atoms with van der Waals surface area (Å²) in [6.45, 7) is 4.29. The first-order chi connectivity index (χ1) is 20.0. The van der Waals surface area contributed by atoms with Crippen molar-refractivity contribution in [2.75, 3.05) is 18.0 Å². The number of nitrogens with two attached hydrogens (primary N) is 2. The van der Waals surface area contributed by atoms with Crippen LogP contribution in [0.25, 0.3) is 11.1 Å². The van der Waals surface area contributed by atoms with Gasteiger partial charge in [0.1, 0.15) is 12.4 Å². The largest absolute Gasteiger partial charge is 0.490 e. The zero-order valence-corrected chi connectivity index (χ0v) is 24.3. The van der Waals surface area contributed by atoms with Crippen LogP contribution in [-0.4, -0.2) is 56.7 Å². The molecule has 3 aromatic carbocycles. The first-order valence-corrected chi connectivity index (χ1v) is 14.4. The van der Waals surface area contributed by atoms with E-state index in [1.54, 1.807) is 30.3 Å². The number of ether oxygens (including phenoxy) is 1. The molecular weight excluding hydrogens is 589 g/mol. The molecule has 43 heavy (non-hydrogen) atoms. The van der Waals surface area contributed by atoms with Crippen molar-refractivity contribution in [2.45, 2.75) is 43.9 Å². The van der Waals surface area contributed by atoms with Crippen molar-refractivity contribution >= 4 is 33.5 Å². The smallest absolute Gasteiger partial charge is 0.475 e. The van der Waals surface area contributed by atoms with Crippen molar-refractivity contribution in [2.24, 2.45) is 10.9 Å². The average Bonchev–Trinajstić information content (AvgIpc) is 2.92. The van der Waals surface area contributed by atoms with Crippen molar-refractivity contribution in [3.05, 3.63) is 83.9 Å². The molecule has 0 bridgehead atoms. The van der Waals surface area contributed by atoms with Gasteiger partial charge in [-0.25, -0.2) is 18.4 Å². The number of aliphatic carboxylic acids is 1. The highest BCUT2D eigenvalue weighted by molar-refractivity contribution is 7.89. The Labute approximate surface area is 247 Å². The lowest BCUT2D eigenvalue weighted by atomic mass is 10.0. The van der Waals surface area contributed by atoms with E-state index in [0.717, 1.165) is 29.7 Å². The van der Waals surface area contributed by atoms with E-state index in [4.69, 9.17) is 30.9 Å². The number of anilines is 1. The van der Waals surface area contributed by atoms with Gasteiger partial charge in [-0.05, 0) is 56.0 Å². The van der Waals surface area contributed by atoms with Gasteiger partial charge in [0, 0.05) is 23.4 Å². The van der Waals surface area contributed by atoms with Crippen LogP contribution in [0.5, 0.6) is 0 Å². The number of carboxylic acids is 1. The van der Waals surface area contributed by atoms with Crippen LogP contribution < -0.4 is 15.8 Å². The molecule has 0 aliphatic carbocycles. The number of nitrogens with one attached hydrogen (secondary N) is 1. The molecule has 14 heteroatoms. The Kier molecular flexibility index (Phi) is 12.3. The number of aryl methyl sites for hydroxylation is 1. The average molecular weight is 623 g/mol. The van der Waals surface area contributed by atoms with E-state index >= 15 is 0 Å². The van der Waals surface area contributed by atoms with Gasteiger partial charge in [0.05, 0.1) is 11.0 Å². The Morgan fingerprint density at radius 3 is 2.16 bits per heavy atom. The van der Waals surface area contributed by atoms with E-state index in [1.807, 2.05) is 55.1 Å². The standard InChI is InChI=1S/C27H32N4O4S.C2HF3O2/c1-19(2)35-26(32)18-31(23-9-5-8-22(17-23)27(28)29)16-6-7-20-12-14-21(15-13-20)24-10-3-4-11-25(24)36(30,33)34;3-2(4,5)1(6)7/h3-5,8-15,17,19H,6-7,16,18H2,1-2H3,(H3,28,29)(H2,30,33,34);(H,6,7). The number of carboxylic acid groups (broad SMARTS) is 1. The summed E-state index contributed by atoms with van der Waals surface area (Å²) in [5.41, 5.74) is 9.43. The number of benzene rings is 3. The fraction of sp³-hybridized carbons (Fsp3) is 0.276. The highest BCUT2D eigenvalue weighted by Gasteiger charge is 2.38. The van der Waals surface area contributed by atoms with E-state index in [9.17, 15) is 26.4 Å². The van der Waals surface area contributed by atoms with Crippen LogP contribution in [0.3, 0.4) is 0 Å². The van der Waals surface area contributed by atoms with Gasteiger partial charge in [-0.15, -0.1) is 0 Å². The van der Waals surface area contributed by atoms with Crippen molar-refractivity contribution < 1.29 is 41.0 Å². The lowest BCUT2D eigenvalue weighted by molar-refractivity contribution is -0.192. The molecule has 0 unspecified atom stereocenters. The summed E-state index contributed by atoms with van der Waals surface area (Å²) in [5.74, 6) is -3.12. The topological polar surface area (TPSA) is 177 Å². The summed E-state index contributed by atoms with van der Waals surface area (Å²) in [6.07, 6.45) is -3.79. The zero-order chi connectivity index (χ0) is 32.4. The van der Waals surface area contributed by atoms with Gasteiger partial charge in [-0.3, -0.25) is 10.2 Å². The number of amidine groups is 1. The summed E-state index contributed by atoms with van der Waals surface area (Å²) >= 11 is 0. The molecule has 0 aromatic heterocycles.